The number of thioether (sulfide) groups is 1. The van der Waals surface area contributed by atoms with Crippen LogP contribution < -0.4 is 4.74 Å². The molecule has 1 aliphatic heterocycles. The Morgan fingerprint density at radius 3 is 2.74 bits per heavy atom. The molecule has 1 heterocycles. The van der Waals surface area contributed by atoms with Crippen molar-refractivity contribution in [2.75, 3.05) is 12.9 Å². The molecule has 0 saturated carbocycles. The Hall–Kier alpha value is -0.970. The smallest absolute Gasteiger partial charge is 0.119 e. The lowest BCUT2D eigenvalue weighted by Gasteiger charge is -2.40. The van der Waals surface area contributed by atoms with Crippen LogP contribution in [0.4, 0.5) is 0 Å². The summed E-state index contributed by atoms with van der Waals surface area (Å²) in [6.07, 6.45) is 3.92. The van der Waals surface area contributed by atoms with Gasteiger partial charge in [-0.2, -0.15) is 0 Å². The molecule has 0 spiro atoms. The topological polar surface area (TPSA) is 29.5 Å². The molecule has 2 aromatic carbocycles. The van der Waals surface area contributed by atoms with Gasteiger partial charge in [0.05, 0.1) is 13.2 Å². The highest BCUT2D eigenvalue weighted by molar-refractivity contribution is 9.10. The second-order valence-electron chi connectivity index (χ2n) is 7.49. The highest BCUT2D eigenvalue weighted by Gasteiger charge is 2.44. The largest absolute Gasteiger partial charge is 0.497 e. The fraction of sp³-hybridized carbons (Fsp3) is 0.478. The molecule has 1 aliphatic rings. The van der Waals surface area contributed by atoms with Crippen molar-refractivity contribution >= 4 is 27.7 Å². The molecule has 146 valence electrons. The molecule has 0 fully saturated rings. The van der Waals surface area contributed by atoms with Crippen molar-refractivity contribution in [3.63, 3.8) is 0 Å². The lowest BCUT2D eigenvalue weighted by Crippen LogP contribution is -2.40. The van der Waals surface area contributed by atoms with E-state index in [1.807, 2.05) is 23.9 Å². The van der Waals surface area contributed by atoms with Crippen molar-refractivity contribution in [1.82, 2.24) is 0 Å². The molecule has 4 heteroatoms. The molecule has 3 rings (SSSR count). The van der Waals surface area contributed by atoms with E-state index in [4.69, 9.17) is 4.74 Å². The molecule has 27 heavy (non-hydrogen) atoms. The van der Waals surface area contributed by atoms with Crippen LogP contribution >= 0.6 is 27.7 Å². The third-order valence-electron chi connectivity index (χ3n) is 5.95. The van der Waals surface area contributed by atoms with E-state index in [0.717, 1.165) is 47.2 Å². The summed E-state index contributed by atoms with van der Waals surface area (Å²) in [7, 11) is 1.70. The van der Waals surface area contributed by atoms with Gasteiger partial charge in [-0.15, -0.1) is 11.8 Å². The number of benzene rings is 2. The zero-order valence-corrected chi connectivity index (χ0v) is 18.8. The van der Waals surface area contributed by atoms with Crippen LogP contribution in [0.2, 0.25) is 0 Å². The summed E-state index contributed by atoms with van der Waals surface area (Å²) in [6.45, 7) is 4.46. The van der Waals surface area contributed by atoms with Crippen LogP contribution in [-0.4, -0.2) is 24.1 Å². The summed E-state index contributed by atoms with van der Waals surface area (Å²) < 4.78 is 6.53. The lowest BCUT2D eigenvalue weighted by molar-refractivity contribution is 0.0182. The molecule has 0 amide bonds. The second kappa shape index (κ2) is 9.02. The van der Waals surface area contributed by atoms with Crippen LogP contribution in [0.5, 0.6) is 5.75 Å². The third kappa shape index (κ3) is 4.23. The maximum absolute atomic E-state index is 11.8. The summed E-state index contributed by atoms with van der Waals surface area (Å²) >= 11 is 5.54. The molecular weight excluding hydrogens is 420 g/mol. The van der Waals surface area contributed by atoms with Crippen LogP contribution in [0.1, 0.15) is 56.6 Å². The van der Waals surface area contributed by atoms with Gasteiger partial charge in [0.1, 0.15) is 5.75 Å². The van der Waals surface area contributed by atoms with Gasteiger partial charge in [-0.3, -0.25) is 0 Å². The Balaban J connectivity index is 2.15. The molecule has 2 aromatic rings. The van der Waals surface area contributed by atoms with Gasteiger partial charge < -0.3 is 9.84 Å². The Morgan fingerprint density at radius 1 is 1.22 bits per heavy atom. The van der Waals surface area contributed by atoms with E-state index in [9.17, 15) is 5.11 Å². The van der Waals surface area contributed by atoms with E-state index < -0.39 is 6.10 Å². The number of hydrogen-bond donors (Lipinski definition) is 1. The SMILES string of the molecule is CCCCC1(CC)CSc2ccc(Br)cc2C(c2cccc(OC)c2)C1O. The van der Waals surface area contributed by atoms with Crippen LogP contribution in [0.15, 0.2) is 51.8 Å². The van der Waals surface area contributed by atoms with E-state index in [2.05, 4.69) is 60.1 Å². The van der Waals surface area contributed by atoms with Crippen LogP contribution in [-0.2, 0) is 0 Å². The minimum atomic E-state index is -0.427. The molecule has 1 N–H and O–H groups in total. The number of rotatable bonds is 6. The first-order valence-corrected chi connectivity index (χ1v) is 11.6. The molecule has 0 aromatic heterocycles. The Labute approximate surface area is 175 Å². The van der Waals surface area contributed by atoms with Gasteiger partial charge in [-0.25, -0.2) is 0 Å². The van der Waals surface area contributed by atoms with E-state index >= 15 is 0 Å². The first-order chi connectivity index (χ1) is 13.0. The van der Waals surface area contributed by atoms with Crippen molar-refractivity contribution in [3.05, 3.63) is 58.1 Å². The quantitative estimate of drug-likeness (QED) is 0.536. The lowest BCUT2D eigenvalue weighted by atomic mass is 9.69. The summed E-state index contributed by atoms with van der Waals surface area (Å²) in [5, 5.41) is 11.8. The molecule has 0 bridgehead atoms. The number of halogens is 1. The Bertz CT molecular complexity index is 779. The monoisotopic (exact) mass is 448 g/mol. The zero-order chi connectivity index (χ0) is 19.4. The van der Waals surface area contributed by atoms with Gasteiger partial charge in [0.2, 0.25) is 0 Å². The normalized spacial score (nSPS) is 24.9. The number of hydrogen-bond acceptors (Lipinski definition) is 3. The second-order valence-corrected chi connectivity index (χ2v) is 9.42. The minimum Gasteiger partial charge on any atom is -0.497 e. The standard InChI is InChI=1S/C23H29BrO2S/c1-4-6-12-23(5-2)15-27-20-11-10-17(24)14-19(20)21(22(23)25)16-8-7-9-18(13-16)26-3/h7-11,13-14,21-22,25H,4-6,12,15H2,1-3H3. The van der Waals surface area contributed by atoms with Gasteiger partial charge in [0, 0.05) is 26.5 Å². The maximum atomic E-state index is 11.8. The predicted octanol–water partition coefficient (Wildman–Crippen LogP) is 6.64. The number of aliphatic hydroxyl groups is 1. The Morgan fingerprint density at radius 2 is 2.04 bits per heavy atom. The van der Waals surface area contributed by atoms with Gasteiger partial charge in [-0.05, 0) is 54.3 Å². The highest BCUT2D eigenvalue weighted by Crippen LogP contribution is 2.51. The summed E-state index contributed by atoms with van der Waals surface area (Å²) in [5.41, 5.74) is 2.25. The summed E-state index contributed by atoms with van der Waals surface area (Å²) in [5.74, 6) is 1.74. The van der Waals surface area contributed by atoms with Crippen LogP contribution in [0, 0.1) is 5.41 Å². The Kier molecular flexibility index (Phi) is 6.93. The van der Waals surface area contributed by atoms with Gasteiger partial charge in [-0.1, -0.05) is 54.8 Å². The third-order valence-corrected chi connectivity index (χ3v) is 7.85. The van der Waals surface area contributed by atoms with Crippen LogP contribution in [0.25, 0.3) is 0 Å². The molecule has 0 radical (unpaired) electrons. The van der Waals surface area contributed by atoms with E-state index in [1.54, 1.807) is 7.11 Å². The van der Waals surface area contributed by atoms with Crippen molar-refractivity contribution in [3.8, 4) is 5.75 Å². The molecule has 3 atom stereocenters. The highest BCUT2D eigenvalue weighted by atomic mass is 79.9. The average Bonchev–Trinajstić information content (AvgIpc) is 2.81. The number of fused-ring (bicyclic) bond motifs is 1. The first kappa shape index (κ1) is 20.8. The van der Waals surface area contributed by atoms with Crippen molar-refractivity contribution in [2.24, 2.45) is 5.41 Å². The number of unbranched alkanes of at least 4 members (excludes halogenated alkanes) is 1. The number of ether oxygens (including phenoxy) is 1. The van der Waals surface area contributed by atoms with Gasteiger partial charge in [0.25, 0.3) is 0 Å². The summed E-state index contributed by atoms with van der Waals surface area (Å²) in [4.78, 5) is 1.27. The molecular formula is C23H29BrO2S. The van der Waals surface area contributed by atoms with Gasteiger partial charge in [0.15, 0.2) is 0 Å². The molecule has 3 unspecified atom stereocenters. The zero-order valence-electron chi connectivity index (χ0n) is 16.4. The average molecular weight is 449 g/mol. The number of methoxy groups -OCH3 is 1. The van der Waals surface area contributed by atoms with Crippen molar-refractivity contribution in [1.29, 1.82) is 0 Å². The van der Waals surface area contributed by atoms with E-state index in [0.29, 0.717) is 0 Å². The van der Waals surface area contributed by atoms with Crippen LogP contribution in [0.3, 0.4) is 0 Å². The maximum Gasteiger partial charge on any atom is 0.119 e. The van der Waals surface area contributed by atoms with Crippen molar-refractivity contribution in [2.45, 2.75) is 56.4 Å². The van der Waals surface area contributed by atoms with E-state index in [-0.39, 0.29) is 11.3 Å². The molecule has 0 saturated heterocycles. The fourth-order valence-electron chi connectivity index (χ4n) is 4.16. The van der Waals surface area contributed by atoms with Gasteiger partial charge >= 0.3 is 0 Å². The number of aliphatic hydroxyl groups excluding tert-OH is 1. The molecule has 0 aliphatic carbocycles. The molecule has 2 nitrogen and oxygen atoms in total. The predicted molar refractivity (Wildman–Crippen MR) is 118 cm³/mol. The first-order valence-electron chi connectivity index (χ1n) is 9.79. The van der Waals surface area contributed by atoms with Crippen molar-refractivity contribution < 1.29 is 9.84 Å². The van der Waals surface area contributed by atoms with E-state index in [1.165, 1.54) is 10.5 Å². The minimum absolute atomic E-state index is 0.0561. The fourth-order valence-corrected chi connectivity index (χ4v) is 6.02. The summed E-state index contributed by atoms with van der Waals surface area (Å²) in [6, 6.07) is 14.7.